The minimum absolute atomic E-state index is 0.139. The summed E-state index contributed by atoms with van der Waals surface area (Å²) in [5, 5.41) is 39.5. The zero-order chi connectivity index (χ0) is 15.3. The van der Waals surface area contributed by atoms with E-state index in [4.69, 9.17) is 15.6 Å². The van der Waals surface area contributed by atoms with Crippen LogP contribution < -0.4 is 5.32 Å². The number of allylic oxidation sites excluding steroid dienone is 1. The Bertz CT molecular complexity index is 679. The Kier molecular flexibility index (Phi) is 4.38. The average Bonchev–Trinajstić information content (AvgIpc) is 2.40. The topological polar surface area (TPSA) is 140 Å². The number of aromatic carboxylic acids is 1. The molecule has 2 N–H and O–H groups in total. The highest BCUT2D eigenvalue weighted by atomic mass is 16.6. The van der Waals surface area contributed by atoms with Crippen molar-refractivity contribution in [3.63, 3.8) is 0 Å². The number of anilines is 1. The summed E-state index contributed by atoms with van der Waals surface area (Å²) in [6.45, 7) is 1.43. The Morgan fingerprint density at radius 3 is 2.50 bits per heavy atom. The van der Waals surface area contributed by atoms with E-state index in [0.29, 0.717) is 0 Å². The van der Waals surface area contributed by atoms with Crippen LogP contribution in [0.1, 0.15) is 15.9 Å². The minimum atomic E-state index is -1.32. The third-order valence-electron chi connectivity index (χ3n) is 2.44. The predicted octanol–water partition coefficient (Wildman–Crippen LogP) is 1.94. The summed E-state index contributed by atoms with van der Waals surface area (Å²) in [7, 11) is 0. The number of hydrogen-bond acceptors (Lipinski definition) is 6. The van der Waals surface area contributed by atoms with E-state index in [1.807, 2.05) is 0 Å². The van der Waals surface area contributed by atoms with E-state index in [-0.39, 0.29) is 28.1 Å². The summed E-state index contributed by atoms with van der Waals surface area (Å²) in [5.41, 5.74) is -0.538. The molecule has 0 unspecified atom stereocenters. The molecule has 0 heterocycles. The largest absolute Gasteiger partial charge is 0.478 e. The first kappa shape index (κ1) is 14.7. The van der Waals surface area contributed by atoms with Gasteiger partial charge in [-0.15, -0.1) is 0 Å². The summed E-state index contributed by atoms with van der Waals surface area (Å²) in [6.07, 6.45) is 1.05. The van der Waals surface area contributed by atoms with E-state index in [1.165, 1.54) is 13.0 Å². The maximum atomic E-state index is 10.9. The van der Waals surface area contributed by atoms with Crippen LogP contribution in [-0.4, -0.2) is 16.0 Å². The molecule has 0 aliphatic carbocycles. The van der Waals surface area contributed by atoms with Crippen LogP contribution in [0.5, 0.6) is 0 Å². The zero-order valence-electron chi connectivity index (χ0n) is 10.2. The van der Waals surface area contributed by atoms with Gasteiger partial charge in [-0.2, -0.15) is 10.5 Å². The van der Waals surface area contributed by atoms with E-state index in [0.717, 1.165) is 12.3 Å². The van der Waals surface area contributed by atoms with Gasteiger partial charge in [0.1, 0.15) is 17.7 Å². The van der Waals surface area contributed by atoms with Gasteiger partial charge in [0.25, 0.3) is 5.69 Å². The lowest BCUT2D eigenvalue weighted by molar-refractivity contribution is -0.385. The molecule has 0 saturated heterocycles. The highest BCUT2D eigenvalue weighted by Crippen LogP contribution is 2.28. The van der Waals surface area contributed by atoms with Crippen LogP contribution in [0.15, 0.2) is 23.9 Å². The Labute approximate surface area is 113 Å². The Hall–Kier alpha value is -3.39. The summed E-state index contributed by atoms with van der Waals surface area (Å²) >= 11 is 0. The molecule has 0 fully saturated rings. The number of hydrogen-bond donors (Lipinski definition) is 2. The van der Waals surface area contributed by atoms with Gasteiger partial charge >= 0.3 is 5.97 Å². The molecular weight excluding hydrogens is 264 g/mol. The second kappa shape index (κ2) is 5.98. The van der Waals surface area contributed by atoms with E-state index in [2.05, 4.69) is 5.32 Å². The third kappa shape index (κ3) is 3.09. The van der Waals surface area contributed by atoms with E-state index < -0.39 is 10.9 Å². The molecule has 0 atom stereocenters. The van der Waals surface area contributed by atoms with E-state index in [9.17, 15) is 14.9 Å². The molecule has 0 aliphatic rings. The van der Waals surface area contributed by atoms with Crippen molar-refractivity contribution in [3.05, 3.63) is 45.1 Å². The molecule has 8 heteroatoms. The van der Waals surface area contributed by atoms with Crippen LogP contribution in [0.25, 0.3) is 0 Å². The fourth-order valence-corrected chi connectivity index (χ4v) is 1.40. The average molecular weight is 272 g/mol. The predicted molar refractivity (Wildman–Crippen MR) is 67.7 cm³/mol. The lowest BCUT2D eigenvalue weighted by Gasteiger charge is -2.07. The van der Waals surface area contributed by atoms with Gasteiger partial charge in [-0.3, -0.25) is 10.1 Å². The molecule has 0 amide bonds. The maximum absolute atomic E-state index is 10.9. The first-order valence-electron chi connectivity index (χ1n) is 5.20. The number of nitrogens with zero attached hydrogens (tertiary/aromatic N) is 3. The highest BCUT2D eigenvalue weighted by molar-refractivity contribution is 5.90. The van der Waals surface area contributed by atoms with E-state index >= 15 is 0 Å². The molecular formula is C12H8N4O4. The van der Waals surface area contributed by atoms with E-state index in [1.54, 1.807) is 12.1 Å². The quantitative estimate of drug-likeness (QED) is 0.484. The van der Waals surface area contributed by atoms with Gasteiger partial charge in [0, 0.05) is 18.0 Å². The van der Waals surface area contributed by atoms with Crippen LogP contribution in [-0.2, 0) is 0 Å². The number of carboxylic acids is 1. The van der Waals surface area contributed by atoms with Crippen molar-refractivity contribution in [1.82, 2.24) is 0 Å². The number of benzene rings is 1. The van der Waals surface area contributed by atoms with Gasteiger partial charge < -0.3 is 10.4 Å². The molecule has 1 rings (SSSR count). The Morgan fingerprint density at radius 2 is 2.05 bits per heavy atom. The molecule has 20 heavy (non-hydrogen) atoms. The zero-order valence-corrected chi connectivity index (χ0v) is 10.2. The van der Waals surface area contributed by atoms with Gasteiger partial charge in [-0.05, 0) is 13.0 Å². The molecule has 0 aliphatic heterocycles. The summed E-state index contributed by atoms with van der Waals surface area (Å²) < 4.78 is 0. The fourth-order valence-electron chi connectivity index (χ4n) is 1.40. The van der Waals surface area contributed by atoms with Crippen LogP contribution in [0.4, 0.5) is 11.4 Å². The first-order chi connectivity index (χ1) is 9.40. The number of nitrogens with one attached hydrogen (secondary N) is 1. The molecule has 1 aromatic carbocycles. The SMILES string of the molecule is Cc1c(NC=C(C#N)C#N)cc(C(=O)O)cc1[N+](=O)[O-]. The molecule has 0 aromatic heterocycles. The van der Waals surface area contributed by atoms with Crippen molar-refractivity contribution in [2.75, 3.05) is 5.32 Å². The molecule has 0 bridgehead atoms. The standard InChI is InChI=1S/C12H8N4O4/c1-7-10(15-6-8(4-13)5-14)2-9(12(17)18)3-11(7)16(19)20/h2-3,6,15H,1H3,(H,17,18). The second-order valence-corrected chi connectivity index (χ2v) is 3.66. The van der Waals surface area contributed by atoms with Crippen molar-refractivity contribution in [3.8, 4) is 12.1 Å². The van der Waals surface area contributed by atoms with Crippen molar-refractivity contribution < 1.29 is 14.8 Å². The Morgan fingerprint density at radius 1 is 1.45 bits per heavy atom. The van der Waals surface area contributed by atoms with Crippen LogP contribution in [0.3, 0.4) is 0 Å². The lowest BCUT2D eigenvalue weighted by Crippen LogP contribution is -2.03. The molecule has 100 valence electrons. The van der Waals surface area contributed by atoms with Crippen molar-refractivity contribution >= 4 is 17.3 Å². The molecule has 1 aromatic rings. The summed E-state index contributed by atoms with van der Waals surface area (Å²) in [5.74, 6) is -1.32. The van der Waals surface area contributed by atoms with Gasteiger partial charge in [-0.1, -0.05) is 0 Å². The summed E-state index contributed by atoms with van der Waals surface area (Å²) in [6, 6.07) is 5.34. The van der Waals surface area contributed by atoms with Crippen molar-refractivity contribution in [2.24, 2.45) is 0 Å². The van der Waals surface area contributed by atoms with Crippen molar-refractivity contribution in [2.45, 2.75) is 6.92 Å². The van der Waals surface area contributed by atoms with Gasteiger partial charge in [0.15, 0.2) is 0 Å². The first-order valence-corrected chi connectivity index (χ1v) is 5.20. The Balaban J connectivity index is 3.36. The fraction of sp³-hybridized carbons (Fsp3) is 0.0833. The van der Waals surface area contributed by atoms with Gasteiger partial charge in [-0.25, -0.2) is 4.79 Å². The lowest BCUT2D eigenvalue weighted by atomic mass is 10.1. The monoisotopic (exact) mass is 272 g/mol. The number of nitriles is 2. The molecule has 0 spiro atoms. The van der Waals surface area contributed by atoms with Gasteiger partial charge in [0.2, 0.25) is 0 Å². The number of rotatable bonds is 4. The maximum Gasteiger partial charge on any atom is 0.336 e. The highest BCUT2D eigenvalue weighted by Gasteiger charge is 2.18. The van der Waals surface area contributed by atoms with Crippen LogP contribution in [0, 0.1) is 39.7 Å². The molecule has 8 nitrogen and oxygen atoms in total. The number of nitro groups is 1. The number of carbonyl (C=O) groups is 1. The summed E-state index contributed by atoms with van der Waals surface area (Å²) in [4.78, 5) is 21.1. The third-order valence-corrected chi connectivity index (χ3v) is 2.44. The van der Waals surface area contributed by atoms with Crippen LogP contribution in [0.2, 0.25) is 0 Å². The van der Waals surface area contributed by atoms with Gasteiger partial charge in [0.05, 0.1) is 16.1 Å². The smallest absolute Gasteiger partial charge is 0.336 e. The molecule has 0 radical (unpaired) electrons. The minimum Gasteiger partial charge on any atom is -0.478 e. The second-order valence-electron chi connectivity index (χ2n) is 3.66. The molecule has 0 saturated carbocycles. The number of carboxylic acid groups (broad SMARTS) is 1. The number of nitro benzene ring substituents is 1. The van der Waals surface area contributed by atoms with Crippen molar-refractivity contribution in [1.29, 1.82) is 10.5 Å². The normalized spacial score (nSPS) is 8.95. The van der Waals surface area contributed by atoms with Crippen LogP contribution >= 0.6 is 0 Å².